The minimum absolute atomic E-state index is 0.567. The van der Waals surface area contributed by atoms with Gasteiger partial charge in [-0.15, -0.1) is 0 Å². The van der Waals surface area contributed by atoms with E-state index in [1.165, 1.54) is 77.9 Å². The zero-order valence-electron chi connectivity index (χ0n) is 14.0. The predicted molar refractivity (Wildman–Crippen MR) is 87.2 cm³/mol. The Morgan fingerprint density at radius 3 is 2.45 bits per heavy atom. The number of rotatable bonds is 6. The van der Waals surface area contributed by atoms with Gasteiger partial charge in [0, 0.05) is 26.2 Å². The van der Waals surface area contributed by atoms with Crippen LogP contribution in [0.3, 0.4) is 0 Å². The molecule has 2 rings (SSSR count). The second-order valence-corrected chi connectivity index (χ2v) is 7.66. The Morgan fingerprint density at radius 2 is 1.75 bits per heavy atom. The van der Waals surface area contributed by atoms with Crippen LogP contribution in [-0.4, -0.2) is 62.7 Å². The lowest BCUT2D eigenvalue weighted by atomic mass is 9.85. The second kappa shape index (κ2) is 7.77. The molecule has 2 aliphatic rings. The van der Waals surface area contributed by atoms with E-state index >= 15 is 0 Å². The summed E-state index contributed by atoms with van der Waals surface area (Å²) in [5.41, 5.74) is 0.567. The molecule has 1 aliphatic carbocycles. The summed E-state index contributed by atoms with van der Waals surface area (Å²) in [6.07, 6.45) is 7.09. The Hall–Kier alpha value is -0.120. The molecule has 0 bridgehead atoms. The Balaban J connectivity index is 1.84. The molecule has 118 valence electrons. The number of nitrogens with zero attached hydrogens (tertiary/aromatic N) is 2. The van der Waals surface area contributed by atoms with E-state index in [0.29, 0.717) is 5.41 Å². The van der Waals surface area contributed by atoms with Crippen molar-refractivity contribution in [2.75, 3.05) is 52.9 Å². The number of nitrogens with one attached hydrogen (secondary N) is 1. The van der Waals surface area contributed by atoms with Crippen LogP contribution in [0, 0.1) is 11.3 Å². The molecule has 0 atom stereocenters. The third kappa shape index (κ3) is 5.01. The smallest absolute Gasteiger partial charge is 0.0109 e. The largest absolute Gasteiger partial charge is 0.316 e. The molecular weight excluding hydrogens is 246 g/mol. The molecule has 1 aliphatic heterocycles. The Morgan fingerprint density at radius 1 is 1.00 bits per heavy atom. The molecule has 1 N–H and O–H groups in total. The highest BCUT2D eigenvalue weighted by atomic mass is 15.2. The first kappa shape index (κ1) is 16.3. The van der Waals surface area contributed by atoms with Gasteiger partial charge in [0.25, 0.3) is 0 Å². The van der Waals surface area contributed by atoms with Crippen molar-refractivity contribution in [3.63, 3.8) is 0 Å². The van der Waals surface area contributed by atoms with Crippen molar-refractivity contribution >= 4 is 0 Å². The zero-order chi connectivity index (χ0) is 14.4. The maximum absolute atomic E-state index is 3.74. The molecule has 0 aromatic carbocycles. The average Bonchev–Trinajstić information content (AvgIpc) is 2.74. The Bertz CT molecular complexity index is 271. The zero-order valence-corrected chi connectivity index (χ0v) is 14.0. The van der Waals surface area contributed by atoms with E-state index in [1.807, 2.05) is 0 Å². The summed E-state index contributed by atoms with van der Waals surface area (Å²) in [4.78, 5) is 5.23. The lowest BCUT2D eigenvalue weighted by Crippen LogP contribution is -2.44. The summed E-state index contributed by atoms with van der Waals surface area (Å²) in [6.45, 7) is 13.4. The fraction of sp³-hybridized carbons (Fsp3) is 1.00. The molecular formula is C17H35N3. The third-order valence-electron chi connectivity index (χ3n) is 5.09. The fourth-order valence-corrected chi connectivity index (χ4v) is 3.87. The van der Waals surface area contributed by atoms with Gasteiger partial charge in [0.15, 0.2) is 0 Å². The summed E-state index contributed by atoms with van der Waals surface area (Å²) in [5, 5.41) is 3.74. The molecule has 3 heteroatoms. The maximum Gasteiger partial charge on any atom is 0.0109 e. The molecule has 1 saturated carbocycles. The van der Waals surface area contributed by atoms with Crippen molar-refractivity contribution < 1.29 is 0 Å². The monoisotopic (exact) mass is 281 g/mol. The SMILES string of the molecule is CC(C)CNCC1(CN2CCCN(C)CC2)CCCC1. The molecule has 3 nitrogen and oxygen atoms in total. The molecule has 0 unspecified atom stereocenters. The number of hydrogen-bond donors (Lipinski definition) is 1. The summed E-state index contributed by atoms with van der Waals surface area (Å²) < 4.78 is 0. The number of likely N-dealkylation sites (N-methyl/N-ethyl adjacent to an activating group) is 1. The first-order valence-electron chi connectivity index (χ1n) is 8.71. The number of hydrogen-bond acceptors (Lipinski definition) is 3. The molecule has 2 fully saturated rings. The van der Waals surface area contributed by atoms with Crippen LogP contribution in [-0.2, 0) is 0 Å². The van der Waals surface area contributed by atoms with E-state index in [4.69, 9.17) is 0 Å². The fourth-order valence-electron chi connectivity index (χ4n) is 3.87. The van der Waals surface area contributed by atoms with E-state index in [9.17, 15) is 0 Å². The van der Waals surface area contributed by atoms with Gasteiger partial charge in [0.1, 0.15) is 0 Å². The minimum Gasteiger partial charge on any atom is -0.316 e. The van der Waals surface area contributed by atoms with Crippen LogP contribution in [0.1, 0.15) is 46.0 Å². The van der Waals surface area contributed by atoms with Gasteiger partial charge in [-0.3, -0.25) is 0 Å². The van der Waals surface area contributed by atoms with E-state index < -0.39 is 0 Å². The van der Waals surface area contributed by atoms with Gasteiger partial charge in [-0.1, -0.05) is 26.7 Å². The van der Waals surface area contributed by atoms with Crippen molar-refractivity contribution in [2.24, 2.45) is 11.3 Å². The van der Waals surface area contributed by atoms with Crippen LogP contribution in [0.4, 0.5) is 0 Å². The average molecular weight is 281 g/mol. The molecule has 20 heavy (non-hydrogen) atoms. The lowest BCUT2D eigenvalue weighted by molar-refractivity contribution is 0.151. The molecule has 1 heterocycles. The first-order valence-corrected chi connectivity index (χ1v) is 8.71. The lowest BCUT2D eigenvalue weighted by Gasteiger charge is -2.35. The summed E-state index contributed by atoms with van der Waals surface area (Å²) in [5.74, 6) is 0.764. The van der Waals surface area contributed by atoms with Gasteiger partial charge in [0.2, 0.25) is 0 Å². The summed E-state index contributed by atoms with van der Waals surface area (Å²) in [6, 6.07) is 0. The molecule has 0 radical (unpaired) electrons. The van der Waals surface area contributed by atoms with Crippen LogP contribution in [0.15, 0.2) is 0 Å². The Kier molecular flexibility index (Phi) is 6.31. The van der Waals surface area contributed by atoms with Crippen molar-refractivity contribution in [1.82, 2.24) is 15.1 Å². The second-order valence-electron chi connectivity index (χ2n) is 7.66. The molecule has 0 aromatic heterocycles. The minimum atomic E-state index is 0.567. The van der Waals surface area contributed by atoms with Gasteiger partial charge >= 0.3 is 0 Å². The summed E-state index contributed by atoms with van der Waals surface area (Å²) in [7, 11) is 2.26. The first-order chi connectivity index (χ1) is 9.60. The van der Waals surface area contributed by atoms with Gasteiger partial charge < -0.3 is 15.1 Å². The quantitative estimate of drug-likeness (QED) is 0.807. The van der Waals surface area contributed by atoms with E-state index in [2.05, 4.69) is 36.0 Å². The third-order valence-corrected chi connectivity index (χ3v) is 5.09. The predicted octanol–water partition coefficient (Wildman–Crippen LogP) is 2.43. The van der Waals surface area contributed by atoms with Gasteiger partial charge in [0.05, 0.1) is 0 Å². The maximum atomic E-state index is 3.74. The van der Waals surface area contributed by atoms with Crippen molar-refractivity contribution in [3.05, 3.63) is 0 Å². The Labute approximate surface area is 126 Å². The van der Waals surface area contributed by atoms with Crippen molar-refractivity contribution in [1.29, 1.82) is 0 Å². The normalized spacial score (nSPS) is 25.2. The summed E-state index contributed by atoms with van der Waals surface area (Å²) >= 11 is 0. The topological polar surface area (TPSA) is 18.5 Å². The van der Waals surface area contributed by atoms with Gasteiger partial charge in [-0.05, 0) is 57.3 Å². The van der Waals surface area contributed by atoms with Crippen LogP contribution in [0.25, 0.3) is 0 Å². The molecule has 0 aromatic rings. The van der Waals surface area contributed by atoms with E-state index in [0.717, 1.165) is 5.92 Å². The molecule has 1 saturated heterocycles. The van der Waals surface area contributed by atoms with Crippen molar-refractivity contribution in [2.45, 2.75) is 46.0 Å². The molecule has 0 spiro atoms. The van der Waals surface area contributed by atoms with Crippen LogP contribution in [0.2, 0.25) is 0 Å². The molecule has 0 amide bonds. The van der Waals surface area contributed by atoms with E-state index in [1.54, 1.807) is 0 Å². The van der Waals surface area contributed by atoms with Crippen LogP contribution >= 0.6 is 0 Å². The standard InChI is InChI=1S/C17H35N3/c1-16(2)13-18-14-17(7-4-5-8-17)15-20-10-6-9-19(3)11-12-20/h16,18H,4-15H2,1-3H3. The van der Waals surface area contributed by atoms with Gasteiger partial charge in [-0.25, -0.2) is 0 Å². The highest BCUT2D eigenvalue weighted by Gasteiger charge is 2.35. The van der Waals surface area contributed by atoms with Crippen molar-refractivity contribution in [3.8, 4) is 0 Å². The van der Waals surface area contributed by atoms with Gasteiger partial charge in [-0.2, -0.15) is 0 Å². The van der Waals surface area contributed by atoms with Crippen LogP contribution in [0.5, 0.6) is 0 Å². The highest BCUT2D eigenvalue weighted by Crippen LogP contribution is 2.38. The highest BCUT2D eigenvalue weighted by molar-refractivity contribution is 4.90. The van der Waals surface area contributed by atoms with Crippen LogP contribution < -0.4 is 5.32 Å². The van der Waals surface area contributed by atoms with E-state index in [-0.39, 0.29) is 0 Å².